The Labute approximate surface area is 193 Å². The van der Waals surface area contributed by atoms with Crippen molar-refractivity contribution in [3.05, 3.63) is 82.1 Å². The Bertz CT molecular complexity index is 1290. The normalized spacial score (nSPS) is 10.8. The van der Waals surface area contributed by atoms with Gasteiger partial charge in [-0.2, -0.15) is 0 Å². The summed E-state index contributed by atoms with van der Waals surface area (Å²) in [6, 6.07) is 8.45. The van der Waals surface area contributed by atoms with Gasteiger partial charge in [0, 0.05) is 36.6 Å². The molecule has 3 aromatic heterocycles. The van der Waals surface area contributed by atoms with Gasteiger partial charge >= 0.3 is 0 Å². The highest BCUT2D eigenvalue weighted by Gasteiger charge is 2.21. The number of amides is 1. The maximum absolute atomic E-state index is 13.0. The molecule has 1 N–H and O–H groups in total. The van der Waals surface area contributed by atoms with Crippen LogP contribution in [0.15, 0.2) is 59.5 Å². The van der Waals surface area contributed by atoms with Crippen LogP contribution in [0, 0.1) is 0 Å². The van der Waals surface area contributed by atoms with Crippen LogP contribution in [0.2, 0.25) is 10.0 Å². The minimum atomic E-state index is -0.470. The van der Waals surface area contributed by atoms with Crippen molar-refractivity contribution < 1.29 is 18.7 Å². The lowest BCUT2D eigenvalue weighted by Crippen LogP contribution is -2.13. The summed E-state index contributed by atoms with van der Waals surface area (Å²) in [5.41, 5.74) is 1.77. The third-order valence-electron chi connectivity index (χ3n) is 4.84. The number of aryl methyl sites for hydroxylation is 1. The molecule has 32 heavy (non-hydrogen) atoms. The molecule has 0 aliphatic heterocycles. The number of rotatable bonds is 7. The number of ketones is 1. The third-order valence-corrected chi connectivity index (χ3v) is 5.42. The lowest BCUT2D eigenvalue weighted by molar-refractivity contribution is 0.0957. The van der Waals surface area contributed by atoms with Crippen molar-refractivity contribution in [2.75, 3.05) is 12.4 Å². The Morgan fingerprint density at radius 1 is 1.09 bits per heavy atom. The monoisotopic (exact) mass is 469 g/mol. The minimum Gasteiger partial charge on any atom is -0.493 e. The standard InChI is InChI=1S/C23H17Cl2N3O4/c1-31-19-7-5-14(23(30)28-21-16(24)11-27-12-17(21)25)15-9-20(32-22(15)19)18(29)6-4-13-3-2-8-26-10-13/h2-3,5,7-12H,4,6H2,1H3,(H,27,28,30). The number of anilines is 1. The molecule has 0 saturated carbocycles. The number of aromatic nitrogens is 2. The minimum absolute atomic E-state index is 0.141. The number of hydrogen-bond donors (Lipinski definition) is 1. The maximum Gasteiger partial charge on any atom is 0.256 e. The Balaban J connectivity index is 1.64. The molecule has 3 heterocycles. The van der Waals surface area contributed by atoms with E-state index in [1.165, 1.54) is 19.5 Å². The number of pyridine rings is 2. The highest BCUT2D eigenvalue weighted by Crippen LogP contribution is 2.34. The van der Waals surface area contributed by atoms with Gasteiger partial charge in [-0.1, -0.05) is 29.3 Å². The van der Waals surface area contributed by atoms with Crippen molar-refractivity contribution in [2.24, 2.45) is 0 Å². The number of Topliss-reactive ketones (excluding diaryl/α,β-unsaturated/α-hetero) is 1. The summed E-state index contributed by atoms with van der Waals surface area (Å²) >= 11 is 12.2. The van der Waals surface area contributed by atoms with Crippen molar-refractivity contribution in [1.29, 1.82) is 0 Å². The van der Waals surface area contributed by atoms with Crippen LogP contribution < -0.4 is 10.1 Å². The third kappa shape index (κ3) is 4.44. The molecule has 0 saturated heterocycles. The molecule has 162 valence electrons. The van der Waals surface area contributed by atoms with Crippen molar-refractivity contribution in [3.63, 3.8) is 0 Å². The molecule has 1 aromatic carbocycles. The van der Waals surface area contributed by atoms with E-state index in [4.69, 9.17) is 32.4 Å². The molecule has 0 fully saturated rings. The second kappa shape index (κ2) is 9.38. The SMILES string of the molecule is COc1ccc(C(=O)Nc2c(Cl)cncc2Cl)c2cc(C(=O)CCc3cccnc3)oc12. The van der Waals surface area contributed by atoms with Crippen LogP contribution in [-0.2, 0) is 6.42 Å². The highest BCUT2D eigenvalue weighted by atomic mass is 35.5. The lowest BCUT2D eigenvalue weighted by atomic mass is 10.1. The van der Waals surface area contributed by atoms with Gasteiger partial charge in [-0.15, -0.1) is 0 Å². The van der Waals surface area contributed by atoms with Crippen LogP contribution in [0.4, 0.5) is 5.69 Å². The molecule has 7 nitrogen and oxygen atoms in total. The van der Waals surface area contributed by atoms with E-state index >= 15 is 0 Å². The number of nitrogens with zero attached hydrogens (tertiary/aromatic N) is 2. The summed E-state index contributed by atoms with van der Waals surface area (Å²) in [6.45, 7) is 0. The number of fused-ring (bicyclic) bond motifs is 1. The summed E-state index contributed by atoms with van der Waals surface area (Å²) in [5.74, 6) is -0.119. The van der Waals surface area contributed by atoms with Gasteiger partial charge in [0.2, 0.25) is 0 Å². The predicted octanol–water partition coefficient (Wildman–Crippen LogP) is 5.61. The first-order valence-corrected chi connectivity index (χ1v) is 10.4. The number of hydrogen-bond acceptors (Lipinski definition) is 6. The summed E-state index contributed by atoms with van der Waals surface area (Å²) in [6.07, 6.45) is 6.90. The molecule has 0 radical (unpaired) electrons. The molecule has 4 rings (SSSR count). The fourth-order valence-electron chi connectivity index (χ4n) is 3.23. The molecule has 9 heteroatoms. The summed E-state index contributed by atoms with van der Waals surface area (Å²) in [4.78, 5) is 33.7. The van der Waals surface area contributed by atoms with E-state index in [0.717, 1.165) is 5.56 Å². The number of ether oxygens (including phenoxy) is 1. The Morgan fingerprint density at radius 2 is 1.88 bits per heavy atom. The van der Waals surface area contributed by atoms with Crippen LogP contribution in [0.5, 0.6) is 5.75 Å². The molecular formula is C23H17Cl2N3O4. The van der Waals surface area contributed by atoms with Gasteiger partial charge in [0.15, 0.2) is 22.9 Å². The van der Waals surface area contributed by atoms with Crippen molar-refractivity contribution in [3.8, 4) is 5.75 Å². The number of methoxy groups -OCH3 is 1. The molecule has 0 atom stereocenters. The smallest absolute Gasteiger partial charge is 0.256 e. The van der Waals surface area contributed by atoms with E-state index in [2.05, 4.69) is 15.3 Å². The van der Waals surface area contributed by atoms with E-state index in [-0.39, 0.29) is 39.3 Å². The van der Waals surface area contributed by atoms with Crippen LogP contribution in [0.1, 0.15) is 32.9 Å². The van der Waals surface area contributed by atoms with Gasteiger partial charge in [0.05, 0.1) is 28.4 Å². The van der Waals surface area contributed by atoms with E-state index in [0.29, 0.717) is 23.1 Å². The number of carbonyl (C=O) groups excluding carboxylic acids is 2. The van der Waals surface area contributed by atoms with Crippen LogP contribution in [0.25, 0.3) is 11.0 Å². The second-order valence-electron chi connectivity index (χ2n) is 6.89. The first-order valence-electron chi connectivity index (χ1n) is 9.61. The molecular weight excluding hydrogens is 453 g/mol. The zero-order valence-electron chi connectivity index (χ0n) is 16.9. The largest absolute Gasteiger partial charge is 0.493 e. The number of carbonyl (C=O) groups is 2. The average Bonchev–Trinajstić information content (AvgIpc) is 3.25. The zero-order chi connectivity index (χ0) is 22.7. The first kappa shape index (κ1) is 21.8. The molecule has 0 aliphatic rings. The molecule has 0 bridgehead atoms. The van der Waals surface area contributed by atoms with Gasteiger partial charge < -0.3 is 14.5 Å². The van der Waals surface area contributed by atoms with Gasteiger partial charge in [0.1, 0.15) is 0 Å². The maximum atomic E-state index is 13.0. The Hall–Kier alpha value is -3.42. The fraction of sp³-hybridized carbons (Fsp3) is 0.130. The highest BCUT2D eigenvalue weighted by molar-refractivity contribution is 6.39. The Kier molecular flexibility index (Phi) is 6.39. The van der Waals surface area contributed by atoms with Crippen molar-refractivity contribution in [1.82, 2.24) is 9.97 Å². The average molecular weight is 470 g/mol. The summed E-state index contributed by atoms with van der Waals surface area (Å²) in [5, 5.41) is 3.54. The van der Waals surface area contributed by atoms with Crippen molar-refractivity contribution in [2.45, 2.75) is 12.8 Å². The molecule has 4 aromatic rings. The van der Waals surface area contributed by atoms with Gasteiger partial charge in [-0.25, -0.2) is 0 Å². The van der Waals surface area contributed by atoms with E-state index in [9.17, 15) is 9.59 Å². The van der Waals surface area contributed by atoms with Gasteiger partial charge in [-0.05, 0) is 36.2 Å². The molecule has 0 unspecified atom stereocenters. The topological polar surface area (TPSA) is 94.3 Å². The summed E-state index contributed by atoms with van der Waals surface area (Å²) in [7, 11) is 1.48. The predicted molar refractivity (Wildman–Crippen MR) is 122 cm³/mol. The van der Waals surface area contributed by atoms with Crippen LogP contribution in [-0.4, -0.2) is 28.8 Å². The van der Waals surface area contributed by atoms with E-state index in [1.807, 2.05) is 12.1 Å². The number of benzene rings is 1. The van der Waals surface area contributed by atoms with Crippen molar-refractivity contribution >= 4 is 51.5 Å². The molecule has 1 amide bonds. The number of halogens is 2. The van der Waals surface area contributed by atoms with Crippen LogP contribution >= 0.6 is 23.2 Å². The molecule has 0 aliphatic carbocycles. The fourth-order valence-corrected chi connectivity index (χ4v) is 3.69. The van der Waals surface area contributed by atoms with E-state index < -0.39 is 5.91 Å². The number of nitrogens with one attached hydrogen (secondary N) is 1. The molecule has 0 spiro atoms. The van der Waals surface area contributed by atoms with Crippen LogP contribution in [0.3, 0.4) is 0 Å². The van der Waals surface area contributed by atoms with E-state index in [1.54, 1.807) is 30.6 Å². The lowest BCUT2D eigenvalue weighted by Gasteiger charge is -2.10. The number of furan rings is 1. The zero-order valence-corrected chi connectivity index (χ0v) is 18.4. The second-order valence-corrected chi connectivity index (χ2v) is 7.70. The van der Waals surface area contributed by atoms with Gasteiger partial charge in [-0.3, -0.25) is 19.6 Å². The first-order chi connectivity index (χ1) is 15.5. The quantitative estimate of drug-likeness (QED) is 0.353. The van der Waals surface area contributed by atoms with Gasteiger partial charge in [0.25, 0.3) is 5.91 Å². The summed E-state index contributed by atoms with van der Waals surface area (Å²) < 4.78 is 11.1. The Morgan fingerprint density at radius 3 is 2.56 bits per heavy atom.